The van der Waals surface area contributed by atoms with Gasteiger partial charge in [0, 0.05) is 0 Å². The van der Waals surface area contributed by atoms with Gasteiger partial charge >= 0.3 is 0 Å². The lowest BCUT2D eigenvalue weighted by Crippen LogP contribution is -2.22. The molecule has 0 fully saturated rings. The van der Waals surface area contributed by atoms with Crippen molar-refractivity contribution in [2.75, 3.05) is 0 Å². The summed E-state index contributed by atoms with van der Waals surface area (Å²) in [5, 5.41) is 6.43. The van der Waals surface area contributed by atoms with Gasteiger partial charge in [-0.1, -0.05) is 56.5 Å². The van der Waals surface area contributed by atoms with Crippen molar-refractivity contribution < 1.29 is 4.74 Å². The highest BCUT2D eigenvalue weighted by molar-refractivity contribution is 6.17. The molecule has 110 valence electrons. The SMILES string of the molecule is CCCCCCC1Oc2ccc3ccccc3c2/C1=N/N. The monoisotopic (exact) mass is 282 g/mol. The minimum Gasteiger partial charge on any atom is -0.483 e. The Bertz CT molecular complexity index is 663. The van der Waals surface area contributed by atoms with Gasteiger partial charge in [-0.3, -0.25) is 0 Å². The number of unbranched alkanes of at least 4 members (excludes halogenated alkanes) is 3. The van der Waals surface area contributed by atoms with Crippen LogP contribution < -0.4 is 10.6 Å². The summed E-state index contributed by atoms with van der Waals surface area (Å²) in [5.41, 5.74) is 1.98. The van der Waals surface area contributed by atoms with Gasteiger partial charge in [-0.25, -0.2) is 0 Å². The van der Waals surface area contributed by atoms with Crippen molar-refractivity contribution in [2.45, 2.75) is 45.1 Å². The van der Waals surface area contributed by atoms with Crippen LogP contribution in [-0.4, -0.2) is 11.8 Å². The molecule has 0 saturated heterocycles. The number of nitrogens with zero attached hydrogens (tertiary/aromatic N) is 1. The molecule has 1 aliphatic rings. The zero-order chi connectivity index (χ0) is 14.7. The first kappa shape index (κ1) is 13.9. The molecule has 1 unspecified atom stereocenters. The summed E-state index contributed by atoms with van der Waals surface area (Å²) in [6.45, 7) is 2.22. The molecule has 0 radical (unpaired) electrons. The summed E-state index contributed by atoms with van der Waals surface area (Å²) in [5.74, 6) is 6.58. The molecule has 0 amide bonds. The van der Waals surface area contributed by atoms with Crippen LogP contribution in [0.2, 0.25) is 0 Å². The number of benzene rings is 2. The second-order valence-electron chi connectivity index (χ2n) is 5.63. The van der Waals surface area contributed by atoms with Crippen LogP contribution in [0.1, 0.15) is 44.6 Å². The Morgan fingerprint density at radius 1 is 1.10 bits per heavy atom. The minimum absolute atomic E-state index is 0.00709. The lowest BCUT2D eigenvalue weighted by molar-refractivity contribution is 0.265. The Morgan fingerprint density at radius 2 is 1.95 bits per heavy atom. The fraction of sp³-hybridized carbons (Fsp3) is 0.389. The van der Waals surface area contributed by atoms with E-state index in [-0.39, 0.29) is 6.10 Å². The van der Waals surface area contributed by atoms with Crippen LogP contribution in [0, 0.1) is 0 Å². The highest BCUT2D eigenvalue weighted by atomic mass is 16.5. The Balaban J connectivity index is 1.88. The van der Waals surface area contributed by atoms with Crippen molar-refractivity contribution in [3.63, 3.8) is 0 Å². The lowest BCUT2D eigenvalue weighted by Gasteiger charge is -2.10. The quantitative estimate of drug-likeness (QED) is 0.506. The number of hydrazone groups is 1. The van der Waals surface area contributed by atoms with E-state index in [2.05, 4.69) is 30.2 Å². The molecule has 21 heavy (non-hydrogen) atoms. The highest BCUT2D eigenvalue weighted by Gasteiger charge is 2.31. The third-order valence-electron chi connectivity index (χ3n) is 4.18. The smallest absolute Gasteiger partial charge is 0.143 e. The Kier molecular flexibility index (Phi) is 4.09. The lowest BCUT2D eigenvalue weighted by atomic mass is 9.97. The summed E-state index contributed by atoms with van der Waals surface area (Å²) in [6.07, 6.45) is 5.91. The third-order valence-corrected chi connectivity index (χ3v) is 4.18. The summed E-state index contributed by atoms with van der Waals surface area (Å²) < 4.78 is 6.09. The second kappa shape index (κ2) is 6.17. The van der Waals surface area contributed by atoms with Gasteiger partial charge in [0.1, 0.15) is 17.6 Å². The van der Waals surface area contributed by atoms with Crippen molar-refractivity contribution in [3.05, 3.63) is 42.0 Å². The van der Waals surface area contributed by atoms with Crippen LogP contribution in [0.15, 0.2) is 41.5 Å². The third kappa shape index (κ3) is 2.60. The molecule has 3 nitrogen and oxygen atoms in total. The molecular weight excluding hydrogens is 260 g/mol. The maximum atomic E-state index is 6.09. The number of nitrogens with two attached hydrogens (primary N) is 1. The van der Waals surface area contributed by atoms with E-state index in [4.69, 9.17) is 10.6 Å². The molecule has 3 rings (SSSR count). The van der Waals surface area contributed by atoms with E-state index in [0.29, 0.717) is 0 Å². The van der Waals surface area contributed by atoms with E-state index in [1.807, 2.05) is 18.2 Å². The molecular formula is C18H22N2O. The first-order valence-corrected chi connectivity index (χ1v) is 7.81. The van der Waals surface area contributed by atoms with Crippen molar-refractivity contribution in [2.24, 2.45) is 10.9 Å². The zero-order valence-electron chi connectivity index (χ0n) is 12.5. The average Bonchev–Trinajstić information content (AvgIpc) is 2.89. The Morgan fingerprint density at radius 3 is 2.76 bits per heavy atom. The van der Waals surface area contributed by atoms with Crippen molar-refractivity contribution >= 4 is 16.5 Å². The largest absolute Gasteiger partial charge is 0.483 e. The molecule has 2 aromatic rings. The molecule has 2 N–H and O–H groups in total. The standard InChI is InChI=1S/C18H22N2O/c1-2-3-4-5-10-16-18(20-19)17-14-9-7-6-8-13(14)11-12-15(17)21-16/h6-9,11-12,16H,2-5,10,19H2,1H3/b20-18+. The fourth-order valence-electron chi connectivity index (χ4n) is 3.08. The van der Waals surface area contributed by atoms with E-state index >= 15 is 0 Å². The number of hydrogen-bond acceptors (Lipinski definition) is 3. The normalized spacial score (nSPS) is 18.9. The summed E-state index contributed by atoms with van der Waals surface area (Å²) in [7, 11) is 0. The predicted molar refractivity (Wildman–Crippen MR) is 87.8 cm³/mol. The molecule has 2 aromatic carbocycles. The number of rotatable bonds is 5. The van der Waals surface area contributed by atoms with E-state index < -0.39 is 0 Å². The van der Waals surface area contributed by atoms with Crippen molar-refractivity contribution in [1.29, 1.82) is 0 Å². The highest BCUT2D eigenvalue weighted by Crippen LogP contribution is 2.36. The molecule has 0 saturated carbocycles. The zero-order valence-corrected chi connectivity index (χ0v) is 12.5. The Labute approximate surface area is 125 Å². The van der Waals surface area contributed by atoms with Crippen molar-refractivity contribution in [1.82, 2.24) is 0 Å². The molecule has 1 aliphatic heterocycles. The first-order valence-electron chi connectivity index (χ1n) is 7.81. The second-order valence-corrected chi connectivity index (χ2v) is 5.63. The summed E-state index contributed by atoms with van der Waals surface area (Å²) >= 11 is 0. The van der Waals surface area contributed by atoms with Gasteiger partial charge in [-0.05, 0) is 29.7 Å². The predicted octanol–water partition coefficient (Wildman–Crippen LogP) is 4.23. The van der Waals surface area contributed by atoms with Crippen LogP contribution in [0.3, 0.4) is 0 Å². The van der Waals surface area contributed by atoms with Crippen LogP contribution in [0.4, 0.5) is 0 Å². The first-order chi connectivity index (χ1) is 10.3. The summed E-state index contributed by atoms with van der Waals surface area (Å²) in [4.78, 5) is 0. The molecule has 0 aliphatic carbocycles. The maximum Gasteiger partial charge on any atom is 0.143 e. The molecule has 1 atom stereocenters. The van der Waals surface area contributed by atoms with Gasteiger partial charge in [0.15, 0.2) is 0 Å². The van der Waals surface area contributed by atoms with Crippen LogP contribution in [-0.2, 0) is 0 Å². The van der Waals surface area contributed by atoms with E-state index in [1.165, 1.54) is 30.0 Å². The molecule has 0 bridgehead atoms. The maximum absolute atomic E-state index is 6.09. The van der Waals surface area contributed by atoms with E-state index in [1.54, 1.807) is 0 Å². The topological polar surface area (TPSA) is 47.6 Å². The molecule has 0 spiro atoms. The van der Waals surface area contributed by atoms with Gasteiger partial charge in [0.2, 0.25) is 0 Å². The van der Waals surface area contributed by atoms with Gasteiger partial charge in [0.05, 0.1) is 5.56 Å². The van der Waals surface area contributed by atoms with Crippen LogP contribution >= 0.6 is 0 Å². The summed E-state index contributed by atoms with van der Waals surface area (Å²) in [6, 6.07) is 12.5. The van der Waals surface area contributed by atoms with Gasteiger partial charge in [-0.2, -0.15) is 5.10 Å². The van der Waals surface area contributed by atoms with E-state index in [9.17, 15) is 0 Å². The van der Waals surface area contributed by atoms with Crippen molar-refractivity contribution in [3.8, 4) is 5.75 Å². The number of fused-ring (bicyclic) bond motifs is 3. The molecule has 3 heteroatoms. The van der Waals surface area contributed by atoms with Gasteiger partial charge in [0.25, 0.3) is 0 Å². The van der Waals surface area contributed by atoms with E-state index in [0.717, 1.165) is 29.9 Å². The molecule has 0 aromatic heterocycles. The van der Waals surface area contributed by atoms with Gasteiger partial charge < -0.3 is 10.6 Å². The van der Waals surface area contributed by atoms with Crippen LogP contribution in [0.25, 0.3) is 10.8 Å². The van der Waals surface area contributed by atoms with Gasteiger partial charge in [-0.15, -0.1) is 0 Å². The van der Waals surface area contributed by atoms with Crippen LogP contribution in [0.5, 0.6) is 5.75 Å². The average molecular weight is 282 g/mol. The number of hydrogen-bond donors (Lipinski definition) is 1. The number of ether oxygens (including phenoxy) is 1. The Hall–Kier alpha value is -2.03. The minimum atomic E-state index is 0.00709. The molecule has 1 heterocycles. The fourth-order valence-corrected chi connectivity index (χ4v) is 3.08.